The molecule has 3 heterocycles. The number of hydrogen-bond acceptors (Lipinski definition) is 7. The lowest BCUT2D eigenvalue weighted by molar-refractivity contribution is 0.246. The number of nitrogen functional groups attached to an aromatic ring is 1. The van der Waals surface area contributed by atoms with Gasteiger partial charge in [-0.2, -0.15) is 0 Å². The van der Waals surface area contributed by atoms with Gasteiger partial charge >= 0.3 is 0 Å². The van der Waals surface area contributed by atoms with E-state index in [0.717, 1.165) is 50.1 Å². The first-order valence-electron chi connectivity index (χ1n) is 7.01. The molecule has 7 heteroatoms. The number of nitrogens with two attached hydrogens (primary N) is 1. The van der Waals surface area contributed by atoms with Gasteiger partial charge in [-0.3, -0.25) is 15.7 Å². The molecule has 3 rings (SSSR count). The van der Waals surface area contributed by atoms with Crippen LogP contribution < -0.4 is 16.2 Å². The summed E-state index contributed by atoms with van der Waals surface area (Å²) in [6.07, 6.45) is 5.34. The van der Waals surface area contributed by atoms with Crippen molar-refractivity contribution in [3.63, 3.8) is 0 Å². The fourth-order valence-electron chi connectivity index (χ4n) is 2.44. The fourth-order valence-corrected chi connectivity index (χ4v) is 2.44. The lowest BCUT2D eigenvalue weighted by Gasteiger charge is -2.34. The number of hydrogen-bond donors (Lipinski definition) is 2. The van der Waals surface area contributed by atoms with Crippen LogP contribution in [0.5, 0.6) is 0 Å². The Morgan fingerprint density at radius 3 is 2.52 bits per heavy atom. The minimum absolute atomic E-state index is 0.810. The second kappa shape index (κ2) is 6.47. The van der Waals surface area contributed by atoms with Crippen LogP contribution in [0.3, 0.4) is 0 Å². The zero-order valence-electron chi connectivity index (χ0n) is 11.8. The Labute approximate surface area is 123 Å². The Kier molecular flexibility index (Phi) is 4.23. The number of piperazine rings is 1. The number of aromatic nitrogens is 3. The normalized spacial score (nSPS) is 16.0. The van der Waals surface area contributed by atoms with Crippen molar-refractivity contribution < 1.29 is 0 Å². The van der Waals surface area contributed by atoms with Gasteiger partial charge in [0.05, 0.1) is 11.4 Å². The molecule has 2 aromatic rings. The van der Waals surface area contributed by atoms with Crippen LogP contribution in [0, 0.1) is 0 Å². The highest BCUT2D eigenvalue weighted by molar-refractivity contribution is 5.41. The predicted octanol–water partition coefficient (Wildman–Crippen LogP) is 0.479. The maximum atomic E-state index is 5.42. The molecule has 0 atom stereocenters. The molecular weight excluding hydrogens is 266 g/mol. The van der Waals surface area contributed by atoms with E-state index in [2.05, 4.69) is 30.2 Å². The molecule has 1 saturated heterocycles. The average molecular weight is 285 g/mol. The van der Waals surface area contributed by atoms with E-state index >= 15 is 0 Å². The first kappa shape index (κ1) is 13.7. The van der Waals surface area contributed by atoms with Crippen molar-refractivity contribution in [3.8, 4) is 0 Å². The van der Waals surface area contributed by atoms with Crippen molar-refractivity contribution in [2.45, 2.75) is 6.54 Å². The minimum atomic E-state index is 0.810. The van der Waals surface area contributed by atoms with Crippen molar-refractivity contribution in [3.05, 3.63) is 42.5 Å². The second-order valence-corrected chi connectivity index (χ2v) is 4.99. The maximum absolute atomic E-state index is 5.42. The summed E-state index contributed by atoms with van der Waals surface area (Å²) in [6, 6.07) is 5.67. The molecule has 7 nitrogen and oxygen atoms in total. The Morgan fingerprint density at radius 1 is 1.05 bits per heavy atom. The highest BCUT2D eigenvalue weighted by Crippen LogP contribution is 2.13. The average Bonchev–Trinajstić information content (AvgIpc) is 2.56. The zero-order valence-corrected chi connectivity index (χ0v) is 11.8. The van der Waals surface area contributed by atoms with E-state index in [-0.39, 0.29) is 0 Å². The Morgan fingerprint density at radius 2 is 1.81 bits per heavy atom. The number of pyridine rings is 1. The van der Waals surface area contributed by atoms with Gasteiger partial charge in [0.15, 0.2) is 0 Å². The molecule has 21 heavy (non-hydrogen) atoms. The SMILES string of the molecule is NNc1ccnc(CN2CCN(c3ncccn3)CC2)c1. The lowest BCUT2D eigenvalue weighted by atomic mass is 10.2. The summed E-state index contributed by atoms with van der Waals surface area (Å²) in [6.45, 7) is 4.64. The maximum Gasteiger partial charge on any atom is 0.225 e. The summed E-state index contributed by atoms with van der Waals surface area (Å²) in [5, 5.41) is 0. The van der Waals surface area contributed by atoms with Crippen LogP contribution in [-0.4, -0.2) is 46.0 Å². The molecule has 0 aromatic carbocycles. The first-order chi connectivity index (χ1) is 10.3. The molecule has 1 aliphatic heterocycles. The number of nitrogens with one attached hydrogen (secondary N) is 1. The summed E-state index contributed by atoms with van der Waals surface area (Å²) in [7, 11) is 0. The summed E-state index contributed by atoms with van der Waals surface area (Å²) >= 11 is 0. The molecule has 3 N–H and O–H groups in total. The molecule has 1 fully saturated rings. The van der Waals surface area contributed by atoms with Gasteiger partial charge in [0.1, 0.15) is 0 Å². The van der Waals surface area contributed by atoms with Crippen LogP contribution >= 0.6 is 0 Å². The first-order valence-corrected chi connectivity index (χ1v) is 7.01. The van der Waals surface area contributed by atoms with Crippen molar-refractivity contribution in [2.24, 2.45) is 5.84 Å². The standard InChI is InChI=1S/C14H19N7/c15-19-12-2-5-16-13(10-12)11-20-6-8-21(9-7-20)14-17-3-1-4-18-14/h1-5,10H,6-9,11,15H2,(H,16,19). The third kappa shape index (κ3) is 3.45. The van der Waals surface area contributed by atoms with E-state index < -0.39 is 0 Å². The largest absolute Gasteiger partial charge is 0.338 e. The summed E-state index contributed by atoms with van der Waals surface area (Å²) in [5.41, 5.74) is 4.56. The summed E-state index contributed by atoms with van der Waals surface area (Å²) in [5.74, 6) is 6.23. The second-order valence-electron chi connectivity index (χ2n) is 4.99. The van der Waals surface area contributed by atoms with Gasteiger partial charge in [-0.1, -0.05) is 0 Å². The van der Waals surface area contributed by atoms with Gasteiger partial charge in [0, 0.05) is 51.3 Å². The number of hydrazine groups is 1. The highest BCUT2D eigenvalue weighted by Gasteiger charge is 2.19. The molecule has 0 aliphatic carbocycles. The van der Waals surface area contributed by atoms with Crippen molar-refractivity contribution in [1.82, 2.24) is 19.9 Å². The third-order valence-electron chi connectivity index (χ3n) is 3.58. The summed E-state index contributed by atoms with van der Waals surface area (Å²) in [4.78, 5) is 17.6. The molecule has 0 amide bonds. The number of anilines is 2. The van der Waals surface area contributed by atoms with E-state index in [0.29, 0.717) is 0 Å². The van der Waals surface area contributed by atoms with E-state index in [4.69, 9.17) is 5.84 Å². The monoisotopic (exact) mass is 285 g/mol. The molecule has 0 unspecified atom stereocenters. The van der Waals surface area contributed by atoms with E-state index in [1.54, 1.807) is 18.6 Å². The molecular formula is C14H19N7. The molecule has 0 radical (unpaired) electrons. The predicted molar refractivity (Wildman–Crippen MR) is 81.6 cm³/mol. The Hall–Kier alpha value is -2.25. The molecule has 0 bridgehead atoms. The number of nitrogens with zero attached hydrogens (tertiary/aromatic N) is 5. The van der Waals surface area contributed by atoms with Crippen LogP contribution in [0.25, 0.3) is 0 Å². The summed E-state index contributed by atoms with van der Waals surface area (Å²) < 4.78 is 0. The van der Waals surface area contributed by atoms with Crippen LogP contribution in [0.2, 0.25) is 0 Å². The van der Waals surface area contributed by atoms with Crippen LogP contribution in [0.1, 0.15) is 5.69 Å². The quantitative estimate of drug-likeness (QED) is 0.624. The zero-order chi connectivity index (χ0) is 14.5. The fraction of sp³-hybridized carbons (Fsp3) is 0.357. The van der Waals surface area contributed by atoms with Crippen LogP contribution in [-0.2, 0) is 6.54 Å². The van der Waals surface area contributed by atoms with Gasteiger partial charge < -0.3 is 10.3 Å². The van der Waals surface area contributed by atoms with Crippen molar-refractivity contribution >= 4 is 11.6 Å². The number of rotatable bonds is 4. The Balaban J connectivity index is 1.56. The molecule has 0 saturated carbocycles. The van der Waals surface area contributed by atoms with Crippen LogP contribution in [0.15, 0.2) is 36.8 Å². The molecule has 2 aromatic heterocycles. The van der Waals surface area contributed by atoms with Gasteiger partial charge in [0.2, 0.25) is 5.95 Å². The van der Waals surface area contributed by atoms with E-state index in [1.165, 1.54) is 0 Å². The van der Waals surface area contributed by atoms with Gasteiger partial charge in [-0.25, -0.2) is 9.97 Å². The molecule has 0 spiro atoms. The van der Waals surface area contributed by atoms with Gasteiger partial charge in [-0.15, -0.1) is 0 Å². The highest BCUT2D eigenvalue weighted by atomic mass is 15.3. The smallest absolute Gasteiger partial charge is 0.225 e. The molecule has 1 aliphatic rings. The van der Waals surface area contributed by atoms with Crippen molar-refractivity contribution in [1.29, 1.82) is 0 Å². The third-order valence-corrected chi connectivity index (χ3v) is 3.58. The van der Waals surface area contributed by atoms with Crippen molar-refractivity contribution in [2.75, 3.05) is 36.5 Å². The molecule has 110 valence electrons. The topological polar surface area (TPSA) is 83.2 Å². The lowest BCUT2D eigenvalue weighted by Crippen LogP contribution is -2.46. The van der Waals surface area contributed by atoms with Gasteiger partial charge in [-0.05, 0) is 18.2 Å². The van der Waals surface area contributed by atoms with Gasteiger partial charge in [0.25, 0.3) is 0 Å². The minimum Gasteiger partial charge on any atom is -0.338 e. The van der Waals surface area contributed by atoms with E-state index in [1.807, 2.05) is 18.2 Å². The van der Waals surface area contributed by atoms with E-state index in [9.17, 15) is 0 Å². The Bertz CT molecular complexity index is 567. The van der Waals surface area contributed by atoms with Crippen LogP contribution in [0.4, 0.5) is 11.6 Å².